The molecule has 0 aromatic carbocycles. The second kappa shape index (κ2) is 6.93. The molecule has 1 aromatic heterocycles. The van der Waals surface area contributed by atoms with Gasteiger partial charge in [-0.3, -0.25) is 4.79 Å². The lowest BCUT2D eigenvalue weighted by Crippen LogP contribution is -2.41. The molecule has 2 heterocycles. The van der Waals surface area contributed by atoms with Gasteiger partial charge in [-0.2, -0.15) is 0 Å². The van der Waals surface area contributed by atoms with Gasteiger partial charge in [-0.05, 0) is 39.2 Å². The lowest BCUT2D eigenvalue weighted by molar-refractivity contribution is -0.136. The number of hydrogen-bond acceptors (Lipinski definition) is 5. The fourth-order valence-electron chi connectivity index (χ4n) is 2.49. The molecule has 0 unspecified atom stereocenters. The Morgan fingerprint density at radius 3 is 2.30 bits per heavy atom. The van der Waals surface area contributed by atoms with Crippen LogP contribution in [0.1, 0.15) is 50.9 Å². The number of aromatic nitrogens is 2. The maximum Gasteiger partial charge on any atom is 0.410 e. The molecule has 7 heteroatoms. The minimum atomic E-state index is -0.896. The average Bonchev–Trinajstić information content (AvgIpc) is 2.46. The maximum atomic E-state index is 12.0. The van der Waals surface area contributed by atoms with Gasteiger partial charge in [-0.15, -0.1) is 0 Å². The van der Waals surface area contributed by atoms with E-state index in [0.29, 0.717) is 24.5 Å². The third kappa shape index (κ3) is 5.19. The van der Waals surface area contributed by atoms with Crippen molar-refractivity contribution in [2.24, 2.45) is 0 Å². The minimum Gasteiger partial charge on any atom is -0.481 e. The summed E-state index contributed by atoms with van der Waals surface area (Å²) in [6.07, 6.45) is 4.33. The van der Waals surface area contributed by atoms with Crippen LogP contribution in [0.15, 0.2) is 12.4 Å². The van der Waals surface area contributed by atoms with Gasteiger partial charge < -0.3 is 14.7 Å². The zero-order valence-corrected chi connectivity index (χ0v) is 13.8. The molecule has 0 spiro atoms. The number of likely N-dealkylation sites (tertiary alicyclic amines) is 1. The Morgan fingerprint density at radius 2 is 1.83 bits per heavy atom. The first-order chi connectivity index (χ1) is 10.7. The molecule has 1 aliphatic rings. The van der Waals surface area contributed by atoms with Crippen molar-refractivity contribution in [1.82, 2.24) is 14.9 Å². The summed E-state index contributed by atoms with van der Waals surface area (Å²) >= 11 is 0. The van der Waals surface area contributed by atoms with Gasteiger partial charge in [-0.25, -0.2) is 14.8 Å². The molecular weight excluding hydrogens is 298 g/mol. The summed E-state index contributed by atoms with van der Waals surface area (Å²) < 4.78 is 5.37. The van der Waals surface area contributed by atoms with E-state index in [2.05, 4.69) is 9.97 Å². The Labute approximate surface area is 135 Å². The van der Waals surface area contributed by atoms with Crippen LogP contribution in [0.25, 0.3) is 0 Å². The van der Waals surface area contributed by atoms with Crippen LogP contribution in [0.5, 0.6) is 0 Å². The number of rotatable bonds is 3. The topological polar surface area (TPSA) is 92.6 Å². The van der Waals surface area contributed by atoms with Gasteiger partial charge in [0.05, 0.1) is 6.42 Å². The molecule has 23 heavy (non-hydrogen) atoms. The number of nitrogens with zero attached hydrogens (tertiary/aromatic N) is 3. The number of piperidine rings is 1. The van der Waals surface area contributed by atoms with Crippen LogP contribution in [0.2, 0.25) is 0 Å². The van der Waals surface area contributed by atoms with Gasteiger partial charge in [0.15, 0.2) is 0 Å². The summed E-state index contributed by atoms with van der Waals surface area (Å²) in [5.74, 6) is 0.00237. The molecule has 1 aromatic rings. The van der Waals surface area contributed by atoms with Crippen molar-refractivity contribution in [3.05, 3.63) is 23.8 Å². The number of hydrogen-bond donors (Lipinski definition) is 1. The Hall–Kier alpha value is -2.18. The van der Waals surface area contributed by atoms with E-state index in [-0.39, 0.29) is 18.4 Å². The Kier molecular flexibility index (Phi) is 5.18. The molecule has 2 rings (SSSR count). The summed E-state index contributed by atoms with van der Waals surface area (Å²) in [5, 5.41) is 8.74. The number of carboxylic acid groups (broad SMARTS) is 1. The van der Waals surface area contributed by atoms with Crippen molar-refractivity contribution < 1.29 is 19.4 Å². The number of aliphatic carboxylic acids is 1. The van der Waals surface area contributed by atoms with E-state index in [1.165, 1.54) is 0 Å². The fraction of sp³-hybridized carbons (Fsp3) is 0.625. The molecular formula is C16H23N3O4. The number of carboxylic acids is 1. The lowest BCUT2D eigenvalue weighted by Gasteiger charge is -2.32. The number of ether oxygens (including phenoxy) is 1. The average molecular weight is 321 g/mol. The van der Waals surface area contributed by atoms with Gasteiger partial charge >= 0.3 is 12.1 Å². The first kappa shape index (κ1) is 17.2. The van der Waals surface area contributed by atoms with Gasteiger partial charge in [0, 0.05) is 31.4 Å². The van der Waals surface area contributed by atoms with Crippen LogP contribution in [0, 0.1) is 0 Å². The van der Waals surface area contributed by atoms with Gasteiger partial charge in [0.2, 0.25) is 0 Å². The SMILES string of the molecule is CC(C)(C)OC(=O)N1CCC(c2ncc(CC(=O)O)cn2)CC1. The van der Waals surface area contributed by atoms with Crippen LogP contribution in [0.4, 0.5) is 4.79 Å². The zero-order valence-electron chi connectivity index (χ0n) is 13.8. The smallest absolute Gasteiger partial charge is 0.410 e. The predicted octanol–water partition coefficient (Wildman–Crippen LogP) is 2.22. The van der Waals surface area contributed by atoms with Gasteiger partial charge in [0.25, 0.3) is 0 Å². The molecule has 1 N–H and O–H groups in total. The van der Waals surface area contributed by atoms with Crippen molar-refractivity contribution in [2.45, 2.75) is 51.6 Å². The molecule has 0 aliphatic carbocycles. The largest absolute Gasteiger partial charge is 0.481 e. The molecule has 0 bridgehead atoms. The summed E-state index contributed by atoms with van der Waals surface area (Å²) in [5.41, 5.74) is 0.101. The summed E-state index contributed by atoms with van der Waals surface area (Å²) in [7, 11) is 0. The standard InChI is InChI=1S/C16H23N3O4/c1-16(2,3)23-15(22)19-6-4-12(5-7-19)14-17-9-11(10-18-14)8-13(20)21/h9-10,12H,4-8H2,1-3H3,(H,20,21). The molecule has 0 radical (unpaired) electrons. The molecule has 1 saturated heterocycles. The Bertz CT molecular complexity index is 558. The van der Waals surface area contributed by atoms with E-state index in [0.717, 1.165) is 12.8 Å². The van der Waals surface area contributed by atoms with Crippen LogP contribution in [-0.4, -0.2) is 50.7 Å². The van der Waals surface area contributed by atoms with E-state index in [4.69, 9.17) is 9.84 Å². The quantitative estimate of drug-likeness (QED) is 0.917. The van der Waals surface area contributed by atoms with E-state index in [9.17, 15) is 9.59 Å². The molecule has 7 nitrogen and oxygen atoms in total. The highest BCUT2D eigenvalue weighted by Crippen LogP contribution is 2.26. The number of carbonyl (C=O) groups excluding carboxylic acids is 1. The second-order valence-electron chi connectivity index (χ2n) is 6.76. The number of amides is 1. The van der Waals surface area contributed by atoms with Crippen molar-refractivity contribution >= 4 is 12.1 Å². The molecule has 1 aliphatic heterocycles. The molecule has 1 amide bonds. The first-order valence-electron chi connectivity index (χ1n) is 7.75. The summed E-state index contributed by atoms with van der Waals surface area (Å²) in [6.45, 7) is 6.78. The van der Waals surface area contributed by atoms with Crippen LogP contribution in [0.3, 0.4) is 0 Å². The zero-order chi connectivity index (χ0) is 17.0. The fourth-order valence-corrected chi connectivity index (χ4v) is 2.49. The van der Waals surface area contributed by atoms with Crippen LogP contribution >= 0.6 is 0 Å². The van der Waals surface area contributed by atoms with Crippen molar-refractivity contribution in [3.8, 4) is 0 Å². The second-order valence-corrected chi connectivity index (χ2v) is 6.76. The molecule has 126 valence electrons. The van der Waals surface area contributed by atoms with E-state index >= 15 is 0 Å². The third-order valence-electron chi connectivity index (χ3n) is 3.59. The van der Waals surface area contributed by atoms with Crippen molar-refractivity contribution in [2.75, 3.05) is 13.1 Å². The lowest BCUT2D eigenvalue weighted by atomic mass is 9.96. The monoisotopic (exact) mass is 321 g/mol. The van der Waals surface area contributed by atoms with Gasteiger partial charge in [-0.1, -0.05) is 0 Å². The highest BCUT2D eigenvalue weighted by Gasteiger charge is 2.28. The highest BCUT2D eigenvalue weighted by atomic mass is 16.6. The maximum absolute atomic E-state index is 12.0. The molecule has 0 atom stereocenters. The van der Waals surface area contributed by atoms with Crippen LogP contribution in [-0.2, 0) is 16.0 Å². The normalized spacial score (nSPS) is 16.2. The van der Waals surface area contributed by atoms with E-state index in [1.807, 2.05) is 20.8 Å². The van der Waals surface area contributed by atoms with Gasteiger partial charge in [0.1, 0.15) is 11.4 Å². The van der Waals surface area contributed by atoms with Crippen molar-refractivity contribution in [1.29, 1.82) is 0 Å². The summed E-state index contributed by atoms with van der Waals surface area (Å²) in [4.78, 5) is 32.9. The Morgan fingerprint density at radius 1 is 1.26 bits per heavy atom. The molecule has 0 saturated carbocycles. The number of carbonyl (C=O) groups is 2. The molecule has 1 fully saturated rings. The minimum absolute atomic E-state index is 0.0721. The predicted molar refractivity (Wildman–Crippen MR) is 83.2 cm³/mol. The Balaban J connectivity index is 1.89. The summed E-state index contributed by atoms with van der Waals surface area (Å²) in [6, 6.07) is 0. The highest BCUT2D eigenvalue weighted by molar-refractivity contribution is 5.69. The van der Waals surface area contributed by atoms with E-state index < -0.39 is 11.6 Å². The van der Waals surface area contributed by atoms with Crippen molar-refractivity contribution in [3.63, 3.8) is 0 Å². The van der Waals surface area contributed by atoms with E-state index in [1.54, 1.807) is 17.3 Å². The first-order valence-corrected chi connectivity index (χ1v) is 7.75. The third-order valence-corrected chi connectivity index (χ3v) is 3.59. The van der Waals surface area contributed by atoms with Crippen LogP contribution < -0.4 is 0 Å².